The van der Waals surface area contributed by atoms with E-state index in [-0.39, 0.29) is 11.9 Å². The van der Waals surface area contributed by atoms with Crippen molar-refractivity contribution in [3.63, 3.8) is 0 Å². The van der Waals surface area contributed by atoms with Gasteiger partial charge in [-0.25, -0.2) is 0 Å². The van der Waals surface area contributed by atoms with Crippen LogP contribution in [-0.2, 0) is 9.53 Å². The molecule has 4 bridgehead atoms. The Bertz CT molecular complexity index is 514. The van der Waals surface area contributed by atoms with E-state index in [1.165, 1.54) is 57.8 Å². The van der Waals surface area contributed by atoms with E-state index in [4.69, 9.17) is 4.74 Å². The van der Waals surface area contributed by atoms with Crippen molar-refractivity contribution in [3.8, 4) is 0 Å². The molecule has 0 aromatic carbocycles. The topological polar surface area (TPSA) is 26.3 Å². The van der Waals surface area contributed by atoms with Crippen molar-refractivity contribution in [1.29, 1.82) is 0 Å². The zero-order valence-electron chi connectivity index (χ0n) is 18.0. The maximum absolute atomic E-state index is 12.8. The first-order valence-electron chi connectivity index (χ1n) is 12.3. The molecule has 4 fully saturated rings. The molecule has 0 saturated heterocycles. The Labute approximate surface area is 167 Å². The SMILES string of the molecule is CCCCCCCCCCOC(=O)C1CC2CC1C1C3CC(C(C)C3C)C21. The van der Waals surface area contributed by atoms with Crippen molar-refractivity contribution in [2.75, 3.05) is 6.61 Å². The Morgan fingerprint density at radius 2 is 1.41 bits per heavy atom. The average molecular weight is 375 g/mol. The van der Waals surface area contributed by atoms with Gasteiger partial charge >= 0.3 is 5.97 Å². The molecule has 0 radical (unpaired) electrons. The molecule has 4 rings (SSSR count). The van der Waals surface area contributed by atoms with Gasteiger partial charge in [-0.05, 0) is 73.0 Å². The summed E-state index contributed by atoms with van der Waals surface area (Å²) < 4.78 is 5.76. The number of carbonyl (C=O) groups is 1. The fourth-order valence-electron chi connectivity index (χ4n) is 8.01. The Morgan fingerprint density at radius 1 is 0.778 bits per heavy atom. The second kappa shape index (κ2) is 8.46. The smallest absolute Gasteiger partial charge is 0.309 e. The van der Waals surface area contributed by atoms with E-state index in [1.54, 1.807) is 0 Å². The number of esters is 1. The van der Waals surface area contributed by atoms with Crippen LogP contribution in [0, 0.1) is 53.3 Å². The number of fused-ring (bicyclic) bond motifs is 9. The second-order valence-corrected chi connectivity index (χ2v) is 10.6. The van der Waals surface area contributed by atoms with Crippen LogP contribution in [0.3, 0.4) is 0 Å². The molecule has 9 atom stereocenters. The van der Waals surface area contributed by atoms with Gasteiger partial charge in [0.05, 0.1) is 12.5 Å². The van der Waals surface area contributed by atoms with E-state index in [2.05, 4.69) is 20.8 Å². The van der Waals surface area contributed by atoms with Gasteiger partial charge in [-0.1, -0.05) is 65.7 Å². The maximum Gasteiger partial charge on any atom is 0.309 e. The molecule has 0 spiro atoms. The van der Waals surface area contributed by atoms with Crippen LogP contribution in [0.1, 0.15) is 91.4 Å². The second-order valence-electron chi connectivity index (χ2n) is 10.6. The molecule has 2 nitrogen and oxygen atoms in total. The number of unbranched alkanes of at least 4 members (excludes halogenated alkanes) is 7. The normalized spacial score (nSPS) is 44.0. The highest BCUT2D eigenvalue weighted by Crippen LogP contribution is 2.71. The van der Waals surface area contributed by atoms with Crippen molar-refractivity contribution in [1.82, 2.24) is 0 Å². The van der Waals surface area contributed by atoms with Crippen LogP contribution < -0.4 is 0 Å². The van der Waals surface area contributed by atoms with Crippen LogP contribution in [0.2, 0.25) is 0 Å². The van der Waals surface area contributed by atoms with Crippen molar-refractivity contribution >= 4 is 5.97 Å². The molecule has 9 unspecified atom stereocenters. The molecular weight excluding hydrogens is 332 g/mol. The third-order valence-corrected chi connectivity index (χ3v) is 9.39. The summed E-state index contributed by atoms with van der Waals surface area (Å²) in [5.74, 6) is 7.41. The Morgan fingerprint density at radius 3 is 2.11 bits per heavy atom. The van der Waals surface area contributed by atoms with Crippen LogP contribution in [0.15, 0.2) is 0 Å². The number of carbonyl (C=O) groups excluding carboxylic acids is 1. The van der Waals surface area contributed by atoms with Crippen molar-refractivity contribution in [2.24, 2.45) is 53.3 Å². The van der Waals surface area contributed by atoms with Gasteiger partial charge in [0.1, 0.15) is 0 Å². The predicted octanol–water partition coefficient (Wildman–Crippen LogP) is 6.48. The van der Waals surface area contributed by atoms with Gasteiger partial charge in [0.15, 0.2) is 0 Å². The minimum absolute atomic E-state index is 0.160. The number of hydrogen-bond acceptors (Lipinski definition) is 2. The minimum atomic E-state index is 0.160. The first kappa shape index (κ1) is 19.8. The number of hydrogen-bond donors (Lipinski definition) is 0. The highest BCUT2D eigenvalue weighted by molar-refractivity contribution is 5.73. The van der Waals surface area contributed by atoms with Crippen LogP contribution in [0.25, 0.3) is 0 Å². The predicted molar refractivity (Wildman–Crippen MR) is 110 cm³/mol. The molecular formula is C25H42O2. The first-order chi connectivity index (χ1) is 13.1. The summed E-state index contributed by atoms with van der Waals surface area (Å²) in [4.78, 5) is 12.8. The molecule has 0 aliphatic heterocycles. The van der Waals surface area contributed by atoms with Crippen LogP contribution in [0.4, 0.5) is 0 Å². The minimum Gasteiger partial charge on any atom is -0.465 e. The summed E-state index contributed by atoms with van der Waals surface area (Å²) in [7, 11) is 0. The summed E-state index contributed by atoms with van der Waals surface area (Å²) in [6.07, 6.45) is 14.3. The lowest BCUT2D eigenvalue weighted by molar-refractivity contribution is -0.152. The molecule has 0 N–H and O–H groups in total. The van der Waals surface area contributed by atoms with Gasteiger partial charge in [0, 0.05) is 0 Å². The summed E-state index contributed by atoms with van der Waals surface area (Å²) in [6, 6.07) is 0. The fraction of sp³-hybridized carbons (Fsp3) is 0.960. The van der Waals surface area contributed by atoms with E-state index >= 15 is 0 Å². The molecule has 4 aliphatic carbocycles. The molecule has 2 heteroatoms. The number of rotatable bonds is 10. The average Bonchev–Trinajstić information content (AvgIpc) is 3.40. The Hall–Kier alpha value is -0.530. The van der Waals surface area contributed by atoms with E-state index in [1.807, 2.05) is 0 Å². The van der Waals surface area contributed by atoms with E-state index in [9.17, 15) is 4.79 Å². The zero-order valence-corrected chi connectivity index (χ0v) is 18.0. The molecule has 4 saturated carbocycles. The molecule has 4 aliphatic rings. The van der Waals surface area contributed by atoms with Crippen LogP contribution in [0.5, 0.6) is 0 Å². The van der Waals surface area contributed by atoms with Gasteiger partial charge in [0.2, 0.25) is 0 Å². The highest BCUT2D eigenvalue weighted by Gasteiger charge is 2.66. The largest absolute Gasteiger partial charge is 0.465 e. The first-order valence-corrected chi connectivity index (χ1v) is 12.3. The van der Waals surface area contributed by atoms with Gasteiger partial charge in [-0.3, -0.25) is 4.79 Å². The van der Waals surface area contributed by atoms with Gasteiger partial charge in [-0.2, -0.15) is 0 Å². The van der Waals surface area contributed by atoms with Gasteiger partial charge < -0.3 is 4.74 Å². The summed E-state index contributed by atoms with van der Waals surface area (Å²) in [5.41, 5.74) is 0. The van der Waals surface area contributed by atoms with E-state index in [0.29, 0.717) is 12.5 Å². The highest BCUT2D eigenvalue weighted by atomic mass is 16.5. The lowest BCUT2D eigenvalue weighted by atomic mass is 9.62. The Balaban J connectivity index is 1.17. The molecule has 0 heterocycles. The standard InChI is InChI=1S/C25H42O2/c1-4-5-6-7-8-9-10-11-12-27-25(26)22-14-18-13-21(22)24-20-15-19(23(18)24)16(2)17(20)3/h16-24H,4-15H2,1-3H3. The summed E-state index contributed by atoms with van der Waals surface area (Å²) in [5, 5.41) is 0. The number of ether oxygens (including phenoxy) is 1. The molecule has 27 heavy (non-hydrogen) atoms. The molecule has 0 amide bonds. The van der Waals surface area contributed by atoms with Crippen LogP contribution in [-0.4, -0.2) is 12.6 Å². The third-order valence-electron chi connectivity index (χ3n) is 9.39. The summed E-state index contributed by atoms with van der Waals surface area (Å²) >= 11 is 0. The van der Waals surface area contributed by atoms with Gasteiger partial charge in [-0.15, -0.1) is 0 Å². The van der Waals surface area contributed by atoms with Crippen LogP contribution >= 0.6 is 0 Å². The molecule has 154 valence electrons. The third kappa shape index (κ3) is 3.60. The lowest BCUT2D eigenvalue weighted by Gasteiger charge is -2.43. The maximum atomic E-state index is 12.8. The molecule has 0 aromatic heterocycles. The van der Waals surface area contributed by atoms with E-state index in [0.717, 1.165) is 54.3 Å². The van der Waals surface area contributed by atoms with Crippen molar-refractivity contribution in [2.45, 2.75) is 91.4 Å². The zero-order chi connectivity index (χ0) is 19.0. The quantitative estimate of drug-likeness (QED) is 0.248. The molecule has 0 aromatic rings. The monoisotopic (exact) mass is 374 g/mol. The fourth-order valence-corrected chi connectivity index (χ4v) is 8.01. The van der Waals surface area contributed by atoms with E-state index < -0.39 is 0 Å². The lowest BCUT2D eigenvalue weighted by Crippen LogP contribution is -2.40. The summed E-state index contributed by atoms with van der Waals surface area (Å²) in [6.45, 7) is 7.90. The Kier molecular flexibility index (Phi) is 6.19. The van der Waals surface area contributed by atoms with Crippen molar-refractivity contribution < 1.29 is 9.53 Å². The van der Waals surface area contributed by atoms with Gasteiger partial charge in [0.25, 0.3) is 0 Å². The van der Waals surface area contributed by atoms with Crippen molar-refractivity contribution in [3.05, 3.63) is 0 Å².